The number of carbonyl (C=O) groups is 1. The third-order valence-electron chi connectivity index (χ3n) is 7.54. The summed E-state index contributed by atoms with van der Waals surface area (Å²) in [6.45, 7) is 4.32. The molecule has 0 bridgehead atoms. The first-order chi connectivity index (χ1) is 12.4. The average Bonchev–Trinajstić information content (AvgIpc) is 2.94. The summed E-state index contributed by atoms with van der Waals surface area (Å²) in [6.07, 6.45) is 5.03. The number of hydrogen-bond acceptors (Lipinski definition) is 4. The molecule has 2 fully saturated rings. The van der Waals surface area contributed by atoms with Gasteiger partial charge in [-0.1, -0.05) is 26.3 Å². The van der Waals surface area contributed by atoms with Gasteiger partial charge in [-0.15, -0.1) is 0 Å². The number of nitro benzene ring substituents is 1. The number of nitriles is 1. The van der Waals surface area contributed by atoms with Gasteiger partial charge >= 0.3 is 0 Å². The zero-order valence-corrected chi connectivity index (χ0v) is 15.3. The minimum absolute atomic E-state index is 0.00846. The molecule has 4 rings (SSSR count). The van der Waals surface area contributed by atoms with Gasteiger partial charge in [-0.2, -0.15) is 5.26 Å². The van der Waals surface area contributed by atoms with E-state index in [9.17, 15) is 20.2 Å². The SMILES string of the molecule is CC[C@H]1C[C@]2(C)C(=O)CCC2C2CCc3c(ccc(C#N)c3[N+](=O)[O-])C21. The molecule has 5 atom stereocenters. The second-order valence-electron chi connectivity index (χ2n) is 8.49. The van der Waals surface area contributed by atoms with Crippen molar-refractivity contribution in [2.45, 2.75) is 58.3 Å². The summed E-state index contributed by atoms with van der Waals surface area (Å²) in [5, 5.41) is 20.9. The zero-order chi connectivity index (χ0) is 18.6. The van der Waals surface area contributed by atoms with Gasteiger partial charge in [-0.3, -0.25) is 14.9 Å². The lowest BCUT2D eigenvalue weighted by atomic mass is 9.51. The van der Waals surface area contributed by atoms with Crippen LogP contribution >= 0.6 is 0 Å². The molecule has 3 aliphatic rings. The van der Waals surface area contributed by atoms with Crippen LogP contribution in [0.2, 0.25) is 0 Å². The largest absolute Gasteiger partial charge is 0.299 e. The van der Waals surface area contributed by atoms with E-state index in [0.29, 0.717) is 36.4 Å². The highest BCUT2D eigenvalue weighted by Gasteiger charge is 2.57. The highest BCUT2D eigenvalue weighted by Crippen LogP contribution is 2.62. The summed E-state index contributed by atoms with van der Waals surface area (Å²) in [5.74, 6) is 1.88. The molecule has 5 heteroatoms. The summed E-state index contributed by atoms with van der Waals surface area (Å²) in [6, 6.07) is 5.57. The zero-order valence-electron chi connectivity index (χ0n) is 15.3. The Morgan fingerprint density at radius 1 is 1.35 bits per heavy atom. The van der Waals surface area contributed by atoms with Crippen LogP contribution in [0, 0.1) is 44.6 Å². The van der Waals surface area contributed by atoms with Gasteiger partial charge in [-0.05, 0) is 61.0 Å². The molecule has 3 unspecified atom stereocenters. The number of ketones is 1. The van der Waals surface area contributed by atoms with Gasteiger partial charge in [0.2, 0.25) is 0 Å². The van der Waals surface area contributed by atoms with E-state index in [0.717, 1.165) is 36.8 Å². The van der Waals surface area contributed by atoms with Gasteiger partial charge < -0.3 is 0 Å². The Morgan fingerprint density at radius 2 is 2.12 bits per heavy atom. The molecule has 0 aromatic heterocycles. The van der Waals surface area contributed by atoms with E-state index in [1.54, 1.807) is 6.07 Å². The Labute approximate surface area is 153 Å². The third-order valence-corrected chi connectivity index (χ3v) is 7.54. The van der Waals surface area contributed by atoms with E-state index >= 15 is 0 Å². The lowest BCUT2D eigenvalue weighted by Crippen LogP contribution is -2.46. The van der Waals surface area contributed by atoms with Crippen LogP contribution in [-0.2, 0) is 11.2 Å². The average molecular weight is 352 g/mol. The topological polar surface area (TPSA) is 84.0 Å². The van der Waals surface area contributed by atoms with Gasteiger partial charge in [0.25, 0.3) is 5.69 Å². The van der Waals surface area contributed by atoms with Crippen LogP contribution < -0.4 is 0 Å². The van der Waals surface area contributed by atoms with Gasteiger partial charge in [0.05, 0.1) is 4.92 Å². The smallest absolute Gasteiger partial charge is 0.290 e. The molecule has 5 nitrogen and oxygen atoms in total. The predicted octanol–water partition coefficient (Wildman–Crippen LogP) is 4.53. The molecule has 0 heterocycles. The first-order valence-electron chi connectivity index (χ1n) is 9.66. The van der Waals surface area contributed by atoms with Crippen molar-refractivity contribution in [2.24, 2.45) is 23.2 Å². The summed E-state index contributed by atoms with van der Waals surface area (Å²) >= 11 is 0. The van der Waals surface area contributed by atoms with E-state index in [-0.39, 0.29) is 27.5 Å². The Kier molecular flexibility index (Phi) is 3.91. The van der Waals surface area contributed by atoms with Crippen molar-refractivity contribution in [3.8, 4) is 6.07 Å². The molecule has 0 aliphatic heterocycles. The molecule has 26 heavy (non-hydrogen) atoms. The fourth-order valence-electron chi connectivity index (χ4n) is 6.42. The van der Waals surface area contributed by atoms with Gasteiger partial charge in [0.1, 0.15) is 17.4 Å². The fourth-order valence-corrected chi connectivity index (χ4v) is 6.42. The van der Waals surface area contributed by atoms with Crippen molar-refractivity contribution in [1.82, 2.24) is 0 Å². The quantitative estimate of drug-likeness (QED) is 0.578. The van der Waals surface area contributed by atoms with Gasteiger partial charge in [0, 0.05) is 17.4 Å². The molecule has 3 aliphatic carbocycles. The highest BCUT2D eigenvalue weighted by molar-refractivity contribution is 5.87. The van der Waals surface area contributed by atoms with Crippen LogP contribution in [0.3, 0.4) is 0 Å². The fraction of sp³-hybridized carbons (Fsp3) is 0.619. The molecule has 1 aromatic carbocycles. The Morgan fingerprint density at radius 3 is 2.77 bits per heavy atom. The van der Waals surface area contributed by atoms with E-state index < -0.39 is 0 Å². The Hall–Kier alpha value is -2.22. The molecule has 0 spiro atoms. The van der Waals surface area contributed by atoms with Crippen molar-refractivity contribution in [2.75, 3.05) is 0 Å². The number of nitrogens with zero attached hydrogens (tertiary/aromatic N) is 2. The van der Waals surface area contributed by atoms with Crippen molar-refractivity contribution in [3.05, 3.63) is 38.9 Å². The van der Waals surface area contributed by atoms with Crippen LogP contribution in [0.1, 0.15) is 68.6 Å². The number of hydrogen-bond donors (Lipinski definition) is 0. The van der Waals surface area contributed by atoms with Crippen LogP contribution in [0.25, 0.3) is 0 Å². The van der Waals surface area contributed by atoms with E-state index in [1.807, 2.05) is 12.1 Å². The van der Waals surface area contributed by atoms with Crippen molar-refractivity contribution in [1.29, 1.82) is 5.26 Å². The van der Waals surface area contributed by atoms with E-state index in [4.69, 9.17) is 0 Å². The van der Waals surface area contributed by atoms with Gasteiger partial charge in [-0.25, -0.2) is 0 Å². The molecule has 0 N–H and O–H groups in total. The number of nitro groups is 1. The predicted molar refractivity (Wildman–Crippen MR) is 96.6 cm³/mol. The second-order valence-corrected chi connectivity index (χ2v) is 8.49. The van der Waals surface area contributed by atoms with Crippen LogP contribution in [0.5, 0.6) is 0 Å². The lowest BCUT2D eigenvalue weighted by Gasteiger charge is -2.52. The lowest BCUT2D eigenvalue weighted by molar-refractivity contribution is -0.386. The summed E-state index contributed by atoms with van der Waals surface area (Å²) in [4.78, 5) is 23.9. The third kappa shape index (κ3) is 2.17. The minimum atomic E-state index is -0.384. The maximum Gasteiger partial charge on any atom is 0.290 e. The van der Waals surface area contributed by atoms with Crippen LogP contribution in [0.15, 0.2) is 12.1 Å². The molecule has 136 valence electrons. The monoisotopic (exact) mass is 352 g/mol. The van der Waals surface area contributed by atoms with Gasteiger partial charge in [0.15, 0.2) is 0 Å². The van der Waals surface area contributed by atoms with E-state index in [2.05, 4.69) is 13.8 Å². The molecule has 0 saturated heterocycles. The normalized spacial score (nSPS) is 35.2. The number of carbonyl (C=O) groups excluding carboxylic acids is 1. The highest BCUT2D eigenvalue weighted by atomic mass is 16.6. The molecule has 0 amide bonds. The number of rotatable bonds is 2. The summed E-state index contributed by atoms with van der Waals surface area (Å²) in [5.41, 5.74) is 1.80. The first-order valence-corrected chi connectivity index (χ1v) is 9.66. The minimum Gasteiger partial charge on any atom is -0.299 e. The van der Waals surface area contributed by atoms with Crippen molar-refractivity contribution in [3.63, 3.8) is 0 Å². The molecular weight excluding hydrogens is 328 g/mol. The molecule has 1 aromatic rings. The molecule has 0 radical (unpaired) electrons. The number of benzene rings is 1. The second kappa shape index (κ2) is 5.90. The number of Topliss-reactive ketones (excluding diaryl/α,β-unsaturated/α-hetero) is 1. The maximum absolute atomic E-state index is 12.6. The molecule has 2 saturated carbocycles. The summed E-state index contributed by atoms with van der Waals surface area (Å²) in [7, 11) is 0. The van der Waals surface area contributed by atoms with E-state index in [1.165, 1.54) is 0 Å². The van der Waals surface area contributed by atoms with Crippen molar-refractivity contribution < 1.29 is 9.72 Å². The van der Waals surface area contributed by atoms with Crippen molar-refractivity contribution >= 4 is 11.5 Å². The maximum atomic E-state index is 12.6. The Bertz CT molecular complexity index is 840. The van der Waals surface area contributed by atoms with Crippen LogP contribution in [-0.4, -0.2) is 10.7 Å². The van der Waals surface area contributed by atoms with Crippen LogP contribution in [0.4, 0.5) is 5.69 Å². The summed E-state index contributed by atoms with van der Waals surface area (Å²) < 4.78 is 0. The molecular formula is C21H24N2O3. The standard InChI is InChI=1S/C21H24N2O3/c1-3-12-10-21(2)17(8-9-18(21)24)16-7-6-15-14(19(12)16)5-4-13(11-22)20(15)23(25)26/h4-5,12,16-17,19H,3,6-10H2,1-2H3/t12-,16?,17?,19?,21-/m0/s1. The Balaban J connectivity index is 1.85. The number of fused-ring (bicyclic) bond motifs is 5. The first kappa shape index (κ1) is 17.2.